The van der Waals surface area contributed by atoms with Gasteiger partial charge in [0.05, 0.1) is 0 Å². The van der Waals surface area contributed by atoms with Gasteiger partial charge in [0.25, 0.3) is 0 Å². The molecule has 1 aromatic rings. The van der Waals surface area contributed by atoms with Crippen LogP contribution in [0.5, 0.6) is 0 Å². The van der Waals surface area contributed by atoms with E-state index in [1.54, 1.807) is 19.4 Å². The van der Waals surface area contributed by atoms with Crippen molar-refractivity contribution in [3.63, 3.8) is 0 Å². The molecular weight excluding hydrogens is 224 g/mol. The third kappa shape index (κ3) is 3.77. The average Bonchev–Trinajstić information content (AvgIpc) is 2.28. The van der Waals surface area contributed by atoms with E-state index in [1.165, 1.54) is 11.1 Å². The molecule has 2 N–H and O–H groups in total. The molecular formula is C15H24N2O. The predicted molar refractivity (Wildman–Crippen MR) is 76.9 cm³/mol. The second kappa shape index (κ2) is 6.45. The molecule has 0 aliphatic carbocycles. The lowest BCUT2D eigenvalue weighted by Gasteiger charge is -2.19. The van der Waals surface area contributed by atoms with Gasteiger partial charge in [-0.05, 0) is 23.0 Å². The molecule has 3 nitrogen and oxygen atoms in total. The highest BCUT2D eigenvalue weighted by atomic mass is 16.5. The first kappa shape index (κ1) is 14.6. The molecule has 0 aliphatic rings. The third-order valence-corrected chi connectivity index (χ3v) is 2.89. The van der Waals surface area contributed by atoms with Crippen molar-refractivity contribution < 1.29 is 5.21 Å². The average molecular weight is 248 g/mol. The molecule has 0 spiro atoms. The number of hydroxylamine groups is 2. The van der Waals surface area contributed by atoms with Gasteiger partial charge < -0.3 is 5.32 Å². The number of para-hydroxylation sites is 1. The van der Waals surface area contributed by atoms with Crippen LogP contribution in [0.15, 0.2) is 30.6 Å². The van der Waals surface area contributed by atoms with Crippen LogP contribution in [0.1, 0.15) is 50.7 Å². The van der Waals surface area contributed by atoms with Crippen LogP contribution in [-0.2, 0) is 0 Å². The molecule has 0 bridgehead atoms. The van der Waals surface area contributed by atoms with Crippen molar-refractivity contribution in [2.24, 2.45) is 0 Å². The highest BCUT2D eigenvalue weighted by Gasteiger charge is 2.12. The number of nitrogens with one attached hydrogen (secondary N) is 1. The zero-order valence-electron chi connectivity index (χ0n) is 11.9. The Kier molecular flexibility index (Phi) is 5.23. The van der Waals surface area contributed by atoms with Gasteiger partial charge in [0.1, 0.15) is 0 Å². The van der Waals surface area contributed by atoms with Crippen LogP contribution in [0.3, 0.4) is 0 Å². The van der Waals surface area contributed by atoms with Gasteiger partial charge in [0.2, 0.25) is 0 Å². The Bertz CT molecular complexity index is 383. The Labute approximate surface area is 110 Å². The first-order chi connectivity index (χ1) is 8.43. The summed E-state index contributed by atoms with van der Waals surface area (Å²) in [4.78, 5) is 0. The van der Waals surface area contributed by atoms with Gasteiger partial charge in [-0.1, -0.05) is 45.9 Å². The van der Waals surface area contributed by atoms with E-state index in [0.29, 0.717) is 11.8 Å². The van der Waals surface area contributed by atoms with Crippen LogP contribution in [-0.4, -0.2) is 17.3 Å². The second-order valence-corrected chi connectivity index (χ2v) is 5.15. The van der Waals surface area contributed by atoms with Crippen LogP contribution in [0.2, 0.25) is 0 Å². The summed E-state index contributed by atoms with van der Waals surface area (Å²) in [7, 11) is 1.58. The van der Waals surface area contributed by atoms with Crippen molar-refractivity contribution in [3.8, 4) is 0 Å². The molecule has 100 valence electrons. The molecule has 0 aliphatic heterocycles. The maximum atomic E-state index is 9.09. The minimum Gasteiger partial charge on any atom is -0.360 e. The standard InChI is InChI=1S/C15H24N2O/c1-11(2)13-7-6-8-14(12(3)4)15(13)16-9-10-17(5)18/h6-12,16,18H,1-5H3/b10-9-. The maximum absolute atomic E-state index is 9.09. The molecule has 0 fully saturated rings. The van der Waals surface area contributed by atoms with Gasteiger partial charge in [0, 0.05) is 25.1 Å². The number of anilines is 1. The van der Waals surface area contributed by atoms with E-state index < -0.39 is 0 Å². The molecule has 1 aromatic carbocycles. The fraction of sp³-hybridized carbons (Fsp3) is 0.467. The highest BCUT2D eigenvalue weighted by molar-refractivity contribution is 5.61. The number of nitrogens with zero attached hydrogens (tertiary/aromatic N) is 1. The zero-order chi connectivity index (χ0) is 13.7. The van der Waals surface area contributed by atoms with Crippen molar-refractivity contribution in [2.75, 3.05) is 12.4 Å². The first-order valence-corrected chi connectivity index (χ1v) is 6.41. The van der Waals surface area contributed by atoms with E-state index in [0.717, 1.165) is 10.8 Å². The number of hydrogen-bond acceptors (Lipinski definition) is 3. The summed E-state index contributed by atoms with van der Waals surface area (Å²) < 4.78 is 0. The molecule has 0 heterocycles. The molecule has 0 unspecified atom stereocenters. The van der Waals surface area contributed by atoms with Crippen molar-refractivity contribution >= 4 is 5.69 Å². The Hall–Kier alpha value is -1.48. The highest BCUT2D eigenvalue weighted by Crippen LogP contribution is 2.32. The van der Waals surface area contributed by atoms with Gasteiger partial charge >= 0.3 is 0 Å². The van der Waals surface area contributed by atoms with E-state index in [-0.39, 0.29) is 0 Å². The van der Waals surface area contributed by atoms with Crippen LogP contribution >= 0.6 is 0 Å². The summed E-state index contributed by atoms with van der Waals surface area (Å²) in [5.74, 6) is 0.929. The number of hydrogen-bond donors (Lipinski definition) is 2. The van der Waals surface area contributed by atoms with Crippen molar-refractivity contribution in [1.82, 2.24) is 5.06 Å². The fourth-order valence-corrected chi connectivity index (χ4v) is 1.95. The normalized spacial score (nSPS) is 11.6. The van der Waals surface area contributed by atoms with Gasteiger partial charge in [-0.25, -0.2) is 0 Å². The molecule has 3 heteroatoms. The van der Waals surface area contributed by atoms with E-state index in [2.05, 4.69) is 51.2 Å². The maximum Gasteiger partial charge on any atom is 0.0450 e. The summed E-state index contributed by atoms with van der Waals surface area (Å²) in [5.41, 5.74) is 3.75. The Morgan fingerprint density at radius 2 is 1.61 bits per heavy atom. The van der Waals surface area contributed by atoms with Crippen LogP contribution in [0.25, 0.3) is 0 Å². The predicted octanol–water partition coefficient (Wildman–Crippen LogP) is 4.14. The lowest BCUT2D eigenvalue weighted by Crippen LogP contribution is -2.06. The molecule has 18 heavy (non-hydrogen) atoms. The van der Waals surface area contributed by atoms with Crippen LogP contribution in [0.4, 0.5) is 5.69 Å². The number of rotatable bonds is 5. The lowest BCUT2D eigenvalue weighted by molar-refractivity contribution is -0.0129. The molecule has 1 rings (SSSR count). The van der Waals surface area contributed by atoms with Crippen molar-refractivity contribution in [1.29, 1.82) is 0 Å². The summed E-state index contributed by atoms with van der Waals surface area (Å²) in [6.07, 6.45) is 3.34. The van der Waals surface area contributed by atoms with E-state index in [1.807, 2.05) is 0 Å². The largest absolute Gasteiger partial charge is 0.360 e. The Morgan fingerprint density at radius 3 is 2.00 bits per heavy atom. The quantitative estimate of drug-likeness (QED) is 0.769. The number of benzene rings is 1. The summed E-state index contributed by atoms with van der Waals surface area (Å²) in [5, 5.41) is 13.4. The van der Waals surface area contributed by atoms with Crippen LogP contribution < -0.4 is 5.32 Å². The second-order valence-electron chi connectivity index (χ2n) is 5.15. The Morgan fingerprint density at radius 1 is 1.11 bits per heavy atom. The van der Waals surface area contributed by atoms with Crippen molar-refractivity contribution in [2.45, 2.75) is 39.5 Å². The molecule has 0 aromatic heterocycles. The SMILES string of the molecule is CC(C)c1cccc(C(C)C)c1N/C=C\N(C)O. The minimum absolute atomic E-state index is 0.464. The van der Waals surface area contributed by atoms with E-state index >= 15 is 0 Å². The molecule has 0 atom stereocenters. The summed E-state index contributed by atoms with van der Waals surface area (Å²) >= 11 is 0. The van der Waals surface area contributed by atoms with Gasteiger partial charge in [-0.3, -0.25) is 10.3 Å². The summed E-state index contributed by atoms with van der Waals surface area (Å²) in [6, 6.07) is 6.41. The fourth-order valence-electron chi connectivity index (χ4n) is 1.95. The lowest BCUT2D eigenvalue weighted by atomic mass is 9.93. The Balaban J connectivity index is 3.11. The third-order valence-electron chi connectivity index (χ3n) is 2.89. The topological polar surface area (TPSA) is 35.5 Å². The van der Waals surface area contributed by atoms with E-state index in [9.17, 15) is 0 Å². The molecule has 0 radical (unpaired) electrons. The minimum atomic E-state index is 0.464. The smallest absolute Gasteiger partial charge is 0.0450 e. The molecule has 0 saturated heterocycles. The van der Waals surface area contributed by atoms with Crippen LogP contribution in [0, 0.1) is 0 Å². The van der Waals surface area contributed by atoms with Gasteiger partial charge in [-0.15, -0.1) is 0 Å². The molecule has 0 amide bonds. The van der Waals surface area contributed by atoms with E-state index in [4.69, 9.17) is 5.21 Å². The van der Waals surface area contributed by atoms with Crippen molar-refractivity contribution in [3.05, 3.63) is 41.7 Å². The monoisotopic (exact) mass is 248 g/mol. The molecule has 0 saturated carbocycles. The summed E-state index contributed by atoms with van der Waals surface area (Å²) in [6.45, 7) is 8.75. The van der Waals surface area contributed by atoms with Gasteiger partial charge in [0.15, 0.2) is 0 Å². The first-order valence-electron chi connectivity index (χ1n) is 6.41. The zero-order valence-corrected chi connectivity index (χ0v) is 11.9. The van der Waals surface area contributed by atoms with Gasteiger partial charge in [-0.2, -0.15) is 0 Å².